The fraction of sp³-hybridized carbons (Fsp3) is 0.571. The zero-order chi connectivity index (χ0) is 12.4. The molecule has 1 aromatic heterocycles. The second kappa shape index (κ2) is 4.75. The van der Waals surface area contributed by atoms with Crippen molar-refractivity contribution in [1.82, 2.24) is 4.98 Å². The minimum absolute atomic E-state index is 0.734. The first-order valence-corrected chi connectivity index (χ1v) is 6.29. The number of nitriles is 1. The average Bonchev–Trinajstić information content (AvgIpc) is 3.08. The maximum absolute atomic E-state index is 9.27. The summed E-state index contributed by atoms with van der Waals surface area (Å²) in [5.74, 6) is 0.829. The predicted octanol–water partition coefficient (Wildman–Crippen LogP) is 2.81. The number of aromatic nitrogens is 1. The van der Waals surface area contributed by atoms with E-state index in [1.54, 1.807) is 0 Å². The molecule has 1 aromatic rings. The zero-order valence-electron chi connectivity index (χ0n) is 10.8. The van der Waals surface area contributed by atoms with Crippen molar-refractivity contribution in [2.24, 2.45) is 5.92 Å². The first-order chi connectivity index (χ1) is 8.15. The van der Waals surface area contributed by atoms with Gasteiger partial charge in [-0.3, -0.25) is 4.98 Å². The molecule has 0 aromatic carbocycles. The lowest BCUT2D eigenvalue weighted by atomic mass is 10.1. The maximum Gasteiger partial charge on any atom is 0.103 e. The molecule has 1 saturated carbocycles. The molecule has 0 bridgehead atoms. The third-order valence-electron chi connectivity index (χ3n) is 3.32. The van der Waals surface area contributed by atoms with E-state index in [0.717, 1.165) is 41.6 Å². The van der Waals surface area contributed by atoms with Crippen molar-refractivity contribution in [3.8, 4) is 6.07 Å². The Bertz CT molecular complexity index is 455. The van der Waals surface area contributed by atoms with Gasteiger partial charge in [-0.05, 0) is 45.6 Å². The molecule has 1 fully saturated rings. The van der Waals surface area contributed by atoms with E-state index < -0.39 is 0 Å². The van der Waals surface area contributed by atoms with Crippen molar-refractivity contribution in [1.29, 1.82) is 5.26 Å². The number of nitrogens with zero attached hydrogens (tertiary/aromatic N) is 3. The SMILES string of the molecule is CCN(CC1CC1)c1cc(C)nc(C)c1C#N. The van der Waals surface area contributed by atoms with Crippen LogP contribution < -0.4 is 4.90 Å². The number of hydrogen-bond donors (Lipinski definition) is 0. The Morgan fingerprint density at radius 3 is 2.71 bits per heavy atom. The number of pyridine rings is 1. The van der Waals surface area contributed by atoms with Crippen LogP contribution in [-0.2, 0) is 0 Å². The Morgan fingerprint density at radius 1 is 1.47 bits per heavy atom. The van der Waals surface area contributed by atoms with Gasteiger partial charge in [0, 0.05) is 18.8 Å². The minimum Gasteiger partial charge on any atom is -0.370 e. The molecule has 3 nitrogen and oxygen atoms in total. The van der Waals surface area contributed by atoms with Gasteiger partial charge in [0.2, 0.25) is 0 Å². The topological polar surface area (TPSA) is 39.9 Å². The number of rotatable bonds is 4. The van der Waals surface area contributed by atoms with Gasteiger partial charge >= 0.3 is 0 Å². The van der Waals surface area contributed by atoms with Gasteiger partial charge in [0.15, 0.2) is 0 Å². The minimum atomic E-state index is 0.734. The predicted molar refractivity (Wildman–Crippen MR) is 69.0 cm³/mol. The van der Waals surface area contributed by atoms with Crippen LogP contribution in [0, 0.1) is 31.1 Å². The molecular formula is C14H19N3. The Hall–Kier alpha value is -1.56. The molecule has 0 N–H and O–H groups in total. The zero-order valence-corrected chi connectivity index (χ0v) is 10.8. The standard InChI is InChI=1S/C14H19N3/c1-4-17(9-12-5-6-12)14-7-10(2)16-11(3)13(14)8-15/h7,12H,4-6,9H2,1-3H3. The quantitative estimate of drug-likeness (QED) is 0.797. The summed E-state index contributed by atoms with van der Waals surface area (Å²) in [6, 6.07) is 4.33. The summed E-state index contributed by atoms with van der Waals surface area (Å²) in [7, 11) is 0. The van der Waals surface area contributed by atoms with Crippen molar-refractivity contribution < 1.29 is 0 Å². The van der Waals surface area contributed by atoms with Crippen molar-refractivity contribution in [2.45, 2.75) is 33.6 Å². The van der Waals surface area contributed by atoms with Crippen LogP contribution in [0.1, 0.15) is 36.7 Å². The molecule has 0 atom stereocenters. The fourth-order valence-corrected chi connectivity index (χ4v) is 2.21. The second-order valence-electron chi connectivity index (χ2n) is 4.84. The van der Waals surface area contributed by atoms with Crippen LogP contribution in [0.2, 0.25) is 0 Å². The van der Waals surface area contributed by atoms with E-state index in [4.69, 9.17) is 0 Å². The van der Waals surface area contributed by atoms with Gasteiger partial charge in [0.25, 0.3) is 0 Å². The van der Waals surface area contributed by atoms with Crippen LogP contribution >= 0.6 is 0 Å². The first kappa shape index (κ1) is 11.9. The summed E-state index contributed by atoms with van der Waals surface area (Å²) < 4.78 is 0. The van der Waals surface area contributed by atoms with Gasteiger partial charge in [-0.15, -0.1) is 0 Å². The highest BCUT2D eigenvalue weighted by Crippen LogP contribution is 2.32. The van der Waals surface area contributed by atoms with Crippen molar-refractivity contribution in [3.63, 3.8) is 0 Å². The highest BCUT2D eigenvalue weighted by molar-refractivity contribution is 5.61. The Morgan fingerprint density at radius 2 is 2.18 bits per heavy atom. The molecule has 1 heterocycles. The lowest BCUT2D eigenvalue weighted by Gasteiger charge is -2.25. The largest absolute Gasteiger partial charge is 0.370 e. The second-order valence-corrected chi connectivity index (χ2v) is 4.84. The van der Waals surface area contributed by atoms with Crippen LogP contribution in [0.15, 0.2) is 6.07 Å². The molecule has 0 radical (unpaired) electrons. The van der Waals surface area contributed by atoms with E-state index in [2.05, 4.69) is 22.9 Å². The highest BCUT2D eigenvalue weighted by atomic mass is 15.1. The van der Waals surface area contributed by atoms with E-state index in [0.29, 0.717) is 0 Å². The van der Waals surface area contributed by atoms with Crippen LogP contribution in [-0.4, -0.2) is 18.1 Å². The normalized spacial score (nSPS) is 14.5. The highest BCUT2D eigenvalue weighted by Gasteiger charge is 2.25. The first-order valence-electron chi connectivity index (χ1n) is 6.29. The molecule has 1 aliphatic carbocycles. The van der Waals surface area contributed by atoms with Crippen LogP contribution in [0.5, 0.6) is 0 Å². The molecule has 3 heteroatoms. The van der Waals surface area contributed by atoms with E-state index >= 15 is 0 Å². The Labute approximate surface area is 103 Å². The summed E-state index contributed by atoms with van der Waals surface area (Å²) in [5, 5.41) is 9.27. The molecular weight excluding hydrogens is 210 g/mol. The van der Waals surface area contributed by atoms with Gasteiger partial charge in [-0.1, -0.05) is 0 Å². The summed E-state index contributed by atoms with van der Waals surface area (Å²) in [5.41, 5.74) is 3.63. The Kier molecular flexibility index (Phi) is 3.33. The number of aryl methyl sites for hydroxylation is 2. The monoisotopic (exact) mass is 229 g/mol. The lowest BCUT2D eigenvalue weighted by Crippen LogP contribution is -2.26. The van der Waals surface area contributed by atoms with Gasteiger partial charge in [0.1, 0.15) is 6.07 Å². The number of hydrogen-bond acceptors (Lipinski definition) is 3. The summed E-state index contributed by atoms with van der Waals surface area (Å²) >= 11 is 0. The molecule has 1 aliphatic rings. The fourth-order valence-electron chi connectivity index (χ4n) is 2.21. The van der Waals surface area contributed by atoms with E-state index in [1.165, 1.54) is 12.8 Å². The van der Waals surface area contributed by atoms with Crippen LogP contribution in [0.25, 0.3) is 0 Å². The third-order valence-corrected chi connectivity index (χ3v) is 3.32. The number of anilines is 1. The molecule has 17 heavy (non-hydrogen) atoms. The van der Waals surface area contributed by atoms with Crippen molar-refractivity contribution >= 4 is 5.69 Å². The third kappa shape index (κ3) is 2.58. The lowest BCUT2D eigenvalue weighted by molar-refractivity contribution is 0.739. The van der Waals surface area contributed by atoms with Crippen LogP contribution in [0.3, 0.4) is 0 Å². The molecule has 0 spiro atoms. The van der Waals surface area contributed by atoms with Crippen LogP contribution in [0.4, 0.5) is 5.69 Å². The molecule has 0 aliphatic heterocycles. The van der Waals surface area contributed by atoms with Gasteiger partial charge in [-0.25, -0.2) is 0 Å². The summed E-state index contributed by atoms with van der Waals surface area (Å²) in [6.45, 7) is 8.08. The van der Waals surface area contributed by atoms with Crippen molar-refractivity contribution in [3.05, 3.63) is 23.0 Å². The molecule has 2 rings (SSSR count). The summed E-state index contributed by atoms with van der Waals surface area (Å²) in [6.07, 6.45) is 2.67. The smallest absolute Gasteiger partial charge is 0.103 e. The molecule has 90 valence electrons. The van der Waals surface area contributed by atoms with Gasteiger partial charge < -0.3 is 4.90 Å². The Balaban J connectivity index is 2.36. The molecule has 0 amide bonds. The molecule has 0 saturated heterocycles. The molecule has 0 unspecified atom stereocenters. The van der Waals surface area contributed by atoms with E-state index in [-0.39, 0.29) is 0 Å². The van der Waals surface area contributed by atoms with E-state index in [9.17, 15) is 5.26 Å². The summed E-state index contributed by atoms with van der Waals surface area (Å²) in [4.78, 5) is 6.68. The average molecular weight is 229 g/mol. The van der Waals surface area contributed by atoms with Gasteiger partial charge in [-0.2, -0.15) is 5.26 Å². The van der Waals surface area contributed by atoms with Gasteiger partial charge in [0.05, 0.1) is 16.9 Å². The van der Waals surface area contributed by atoms with E-state index in [1.807, 2.05) is 19.9 Å². The van der Waals surface area contributed by atoms with Crippen molar-refractivity contribution in [2.75, 3.05) is 18.0 Å². The maximum atomic E-state index is 9.27.